The van der Waals surface area contributed by atoms with Crippen LogP contribution in [0.1, 0.15) is 17.0 Å². The lowest BCUT2D eigenvalue weighted by Crippen LogP contribution is -2.30. The van der Waals surface area contributed by atoms with E-state index in [4.69, 9.17) is 0 Å². The van der Waals surface area contributed by atoms with E-state index in [2.05, 4.69) is 9.97 Å². The Labute approximate surface area is 166 Å². The number of aliphatic hydroxyl groups is 1. The summed E-state index contributed by atoms with van der Waals surface area (Å²) in [7, 11) is 0. The zero-order valence-electron chi connectivity index (χ0n) is 15.9. The minimum Gasteiger partial charge on any atom is -0.396 e. The first-order valence-corrected chi connectivity index (χ1v) is 9.32. The van der Waals surface area contributed by atoms with Gasteiger partial charge in [-0.1, -0.05) is 36.4 Å². The highest BCUT2D eigenvalue weighted by Crippen LogP contribution is 2.18. The van der Waals surface area contributed by atoms with Gasteiger partial charge in [0.2, 0.25) is 0 Å². The Kier molecular flexibility index (Phi) is 5.05. The molecule has 0 unspecified atom stereocenters. The van der Waals surface area contributed by atoms with E-state index < -0.39 is 0 Å². The predicted molar refractivity (Wildman–Crippen MR) is 110 cm³/mol. The number of aromatic nitrogens is 4. The van der Waals surface area contributed by atoms with Crippen LogP contribution in [-0.4, -0.2) is 30.6 Å². The quantitative estimate of drug-likeness (QED) is 0.563. The average Bonchev–Trinajstić information content (AvgIpc) is 2.74. The van der Waals surface area contributed by atoms with Gasteiger partial charge in [-0.25, -0.2) is 9.97 Å². The number of benzene rings is 1. The fraction of sp³-hybridized carbons (Fsp3) is 0.182. The summed E-state index contributed by atoms with van der Waals surface area (Å²) in [5, 5.41) is 9.36. The van der Waals surface area contributed by atoms with Crippen LogP contribution in [0.25, 0.3) is 17.0 Å². The van der Waals surface area contributed by atoms with Gasteiger partial charge in [-0.3, -0.25) is 18.6 Å². The molecule has 0 aliphatic carbocycles. The highest BCUT2D eigenvalue weighted by Gasteiger charge is 2.16. The van der Waals surface area contributed by atoms with Gasteiger partial charge in [0.25, 0.3) is 11.1 Å². The van der Waals surface area contributed by atoms with Crippen LogP contribution >= 0.6 is 0 Å². The Bertz CT molecular complexity index is 1290. The van der Waals surface area contributed by atoms with Crippen LogP contribution in [0.3, 0.4) is 0 Å². The number of aryl methyl sites for hydroxylation is 1. The highest BCUT2D eigenvalue weighted by atomic mass is 16.3. The van der Waals surface area contributed by atoms with Gasteiger partial charge in [-0.05, 0) is 19.1 Å². The molecule has 7 heteroatoms. The third-order valence-electron chi connectivity index (χ3n) is 4.81. The molecule has 0 radical (unpaired) electrons. The Morgan fingerprint density at radius 1 is 1.00 bits per heavy atom. The third kappa shape index (κ3) is 3.60. The van der Waals surface area contributed by atoms with Gasteiger partial charge in [0.05, 0.1) is 12.2 Å². The Morgan fingerprint density at radius 3 is 2.52 bits per heavy atom. The molecule has 4 aromatic rings. The van der Waals surface area contributed by atoms with Gasteiger partial charge in [0, 0.05) is 42.1 Å². The second-order valence-electron chi connectivity index (χ2n) is 6.74. The molecule has 146 valence electrons. The van der Waals surface area contributed by atoms with Crippen molar-refractivity contribution in [3.05, 3.63) is 98.5 Å². The van der Waals surface area contributed by atoms with Crippen molar-refractivity contribution in [1.29, 1.82) is 0 Å². The highest BCUT2D eigenvalue weighted by molar-refractivity contribution is 5.56. The van der Waals surface area contributed by atoms with E-state index in [9.17, 15) is 14.7 Å². The number of pyridine rings is 1. The van der Waals surface area contributed by atoms with Crippen LogP contribution in [-0.2, 0) is 13.0 Å². The van der Waals surface area contributed by atoms with Crippen molar-refractivity contribution < 1.29 is 5.11 Å². The monoisotopic (exact) mass is 388 g/mol. The molecule has 7 nitrogen and oxygen atoms in total. The molecule has 29 heavy (non-hydrogen) atoms. The van der Waals surface area contributed by atoms with Crippen molar-refractivity contribution >= 4 is 5.65 Å². The first-order valence-electron chi connectivity index (χ1n) is 9.32. The second-order valence-corrected chi connectivity index (χ2v) is 6.74. The SMILES string of the molecule is Cc1nc(-c2ccccc2)n(Cc2cc(=O)n3ccccc3n2)c(=O)c1CCO. The van der Waals surface area contributed by atoms with Crippen LogP contribution in [0.15, 0.2) is 70.4 Å². The maximum absolute atomic E-state index is 13.2. The number of aliphatic hydroxyl groups excluding tert-OH is 1. The van der Waals surface area contributed by atoms with Crippen molar-refractivity contribution in [2.75, 3.05) is 6.61 Å². The number of fused-ring (bicyclic) bond motifs is 1. The third-order valence-corrected chi connectivity index (χ3v) is 4.81. The van der Waals surface area contributed by atoms with E-state index in [1.54, 1.807) is 31.3 Å². The maximum atomic E-state index is 13.2. The summed E-state index contributed by atoms with van der Waals surface area (Å²) >= 11 is 0. The summed E-state index contributed by atoms with van der Waals surface area (Å²) in [6, 6.07) is 16.2. The average molecular weight is 388 g/mol. The number of hydrogen-bond acceptors (Lipinski definition) is 5. The molecule has 0 atom stereocenters. The van der Waals surface area contributed by atoms with E-state index in [1.807, 2.05) is 30.3 Å². The molecule has 3 heterocycles. The number of nitrogens with zero attached hydrogens (tertiary/aromatic N) is 4. The van der Waals surface area contributed by atoms with Crippen LogP contribution in [0.5, 0.6) is 0 Å². The summed E-state index contributed by atoms with van der Waals surface area (Å²) < 4.78 is 2.98. The minimum absolute atomic E-state index is 0.107. The lowest BCUT2D eigenvalue weighted by atomic mass is 10.1. The van der Waals surface area contributed by atoms with Gasteiger partial charge in [0.15, 0.2) is 0 Å². The fourth-order valence-electron chi connectivity index (χ4n) is 3.40. The normalized spacial score (nSPS) is 11.1. The smallest absolute Gasteiger partial charge is 0.258 e. The summed E-state index contributed by atoms with van der Waals surface area (Å²) in [6.07, 6.45) is 1.88. The predicted octanol–water partition coefficient (Wildman–Crippen LogP) is 1.81. The Hall–Kier alpha value is -3.58. The van der Waals surface area contributed by atoms with E-state index >= 15 is 0 Å². The van der Waals surface area contributed by atoms with Gasteiger partial charge in [-0.15, -0.1) is 0 Å². The van der Waals surface area contributed by atoms with Gasteiger partial charge < -0.3 is 5.11 Å². The van der Waals surface area contributed by atoms with E-state index in [0.717, 1.165) is 5.56 Å². The van der Waals surface area contributed by atoms with Crippen LogP contribution in [0, 0.1) is 6.92 Å². The molecule has 0 amide bonds. The van der Waals surface area contributed by atoms with Crippen molar-refractivity contribution in [2.45, 2.75) is 19.9 Å². The van der Waals surface area contributed by atoms with Crippen molar-refractivity contribution in [1.82, 2.24) is 18.9 Å². The molecule has 0 aliphatic heterocycles. The van der Waals surface area contributed by atoms with Crippen molar-refractivity contribution in [2.24, 2.45) is 0 Å². The second kappa shape index (κ2) is 7.81. The largest absolute Gasteiger partial charge is 0.396 e. The van der Waals surface area contributed by atoms with E-state index in [0.29, 0.717) is 28.4 Å². The first kappa shape index (κ1) is 18.8. The van der Waals surface area contributed by atoms with Crippen molar-refractivity contribution in [3.8, 4) is 11.4 Å². The van der Waals surface area contributed by atoms with Gasteiger partial charge in [0.1, 0.15) is 11.5 Å². The summed E-state index contributed by atoms with van der Waals surface area (Å²) in [4.78, 5) is 34.8. The fourth-order valence-corrected chi connectivity index (χ4v) is 3.40. The Morgan fingerprint density at radius 2 is 1.76 bits per heavy atom. The molecule has 0 fully saturated rings. The van der Waals surface area contributed by atoms with Crippen LogP contribution in [0.2, 0.25) is 0 Å². The molecule has 3 aromatic heterocycles. The lowest BCUT2D eigenvalue weighted by Gasteiger charge is -2.16. The molecule has 0 bridgehead atoms. The van der Waals surface area contributed by atoms with Crippen molar-refractivity contribution in [3.63, 3.8) is 0 Å². The molecule has 1 aromatic carbocycles. The molecular weight excluding hydrogens is 368 g/mol. The minimum atomic E-state index is -0.236. The van der Waals surface area contributed by atoms with Gasteiger partial charge >= 0.3 is 0 Å². The summed E-state index contributed by atoms with van der Waals surface area (Å²) in [5.74, 6) is 0.504. The van der Waals surface area contributed by atoms with Gasteiger partial charge in [-0.2, -0.15) is 0 Å². The molecular formula is C22H20N4O3. The lowest BCUT2D eigenvalue weighted by molar-refractivity contribution is 0.298. The zero-order valence-corrected chi connectivity index (χ0v) is 15.9. The van der Waals surface area contributed by atoms with Crippen LogP contribution < -0.4 is 11.1 Å². The summed E-state index contributed by atoms with van der Waals surface area (Å²) in [5.41, 5.74) is 2.38. The van der Waals surface area contributed by atoms with Crippen LogP contribution in [0.4, 0.5) is 0 Å². The standard InChI is InChI=1S/C22H20N4O3/c1-15-18(10-12-27)22(29)26(21(23-15)16-7-3-2-4-8-16)14-17-13-20(28)25-11-6-5-9-19(25)24-17/h2-9,11,13,27H,10,12,14H2,1H3. The molecule has 0 saturated carbocycles. The molecule has 0 saturated heterocycles. The first-order chi connectivity index (χ1) is 14.1. The maximum Gasteiger partial charge on any atom is 0.258 e. The topological polar surface area (TPSA) is 89.5 Å². The Balaban J connectivity index is 1.91. The number of hydrogen-bond donors (Lipinski definition) is 1. The van der Waals surface area contributed by atoms with E-state index in [-0.39, 0.29) is 30.7 Å². The molecule has 1 N–H and O–H groups in total. The molecule has 0 aliphatic rings. The molecule has 0 spiro atoms. The summed E-state index contributed by atoms with van der Waals surface area (Å²) in [6.45, 7) is 1.73. The molecule has 4 rings (SSSR count). The van der Waals surface area contributed by atoms with E-state index in [1.165, 1.54) is 15.0 Å². The number of rotatable bonds is 5. The zero-order chi connectivity index (χ0) is 20.4.